The summed E-state index contributed by atoms with van der Waals surface area (Å²) in [5.74, 6) is 0. The largest absolute Gasteiger partial charge is 0.456 e. The second kappa shape index (κ2) is 12.7. The van der Waals surface area contributed by atoms with Crippen LogP contribution in [-0.4, -0.2) is 0 Å². The van der Waals surface area contributed by atoms with Crippen molar-refractivity contribution in [3.05, 3.63) is 235 Å². The predicted molar refractivity (Wildman–Crippen MR) is 238 cm³/mol. The Morgan fingerprint density at radius 3 is 1.72 bits per heavy atom. The maximum Gasteiger partial charge on any atom is 0.147 e. The molecule has 1 aliphatic rings. The monoisotopic (exact) mass is 741 g/mol. The molecule has 0 atom stereocenters. The van der Waals surface area contributed by atoms with Crippen LogP contribution in [0.4, 0.5) is 17.1 Å². The highest BCUT2D eigenvalue weighted by molar-refractivity contribution is 6.24. The molecule has 9 aromatic carbocycles. The average molecular weight is 742 g/mol. The van der Waals surface area contributed by atoms with Gasteiger partial charge >= 0.3 is 0 Å². The first-order valence-electron chi connectivity index (χ1n) is 19.8. The van der Waals surface area contributed by atoms with E-state index in [9.17, 15) is 0 Å². The van der Waals surface area contributed by atoms with Gasteiger partial charge in [-0.15, -0.1) is 0 Å². The number of fused-ring (bicyclic) bond motifs is 10. The van der Waals surface area contributed by atoms with Gasteiger partial charge in [0.1, 0.15) is 22.3 Å². The van der Waals surface area contributed by atoms with E-state index in [1.165, 1.54) is 33.4 Å². The highest BCUT2D eigenvalue weighted by Crippen LogP contribution is 2.59. The summed E-state index contributed by atoms with van der Waals surface area (Å²) in [4.78, 5) is 2.41. The molecule has 0 fully saturated rings. The average Bonchev–Trinajstić information content (AvgIpc) is 3.97. The molecule has 3 heteroatoms. The van der Waals surface area contributed by atoms with Crippen LogP contribution in [-0.2, 0) is 5.41 Å². The number of anilines is 3. The summed E-state index contributed by atoms with van der Waals surface area (Å²) in [5.41, 5.74) is 16.0. The van der Waals surface area contributed by atoms with Gasteiger partial charge < -0.3 is 13.7 Å². The van der Waals surface area contributed by atoms with E-state index in [1.54, 1.807) is 0 Å². The van der Waals surface area contributed by atoms with Crippen LogP contribution in [0.1, 0.15) is 22.3 Å². The van der Waals surface area contributed by atoms with Crippen LogP contribution >= 0.6 is 0 Å². The lowest BCUT2D eigenvalue weighted by Crippen LogP contribution is -2.28. The van der Waals surface area contributed by atoms with Crippen molar-refractivity contribution in [2.75, 3.05) is 4.90 Å². The fourth-order valence-corrected chi connectivity index (χ4v) is 9.78. The number of hydrogen-bond donors (Lipinski definition) is 0. The Morgan fingerprint density at radius 1 is 0.362 bits per heavy atom. The van der Waals surface area contributed by atoms with E-state index in [1.807, 2.05) is 12.1 Å². The lowest BCUT2D eigenvalue weighted by atomic mass is 9.68. The molecular weight excluding hydrogens is 707 g/mol. The highest BCUT2D eigenvalue weighted by Gasteiger charge is 2.47. The van der Waals surface area contributed by atoms with Gasteiger partial charge in [-0.05, 0) is 93.5 Å². The minimum atomic E-state index is -0.492. The van der Waals surface area contributed by atoms with E-state index >= 15 is 0 Å². The van der Waals surface area contributed by atoms with E-state index in [-0.39, 0.29) is 0 Å². The molecule has 0 bridgehead atoms. The summed E-state index contributed by atoms with van der Waals surface area (Å²) in [7, 11) is 0. The molecule has 0 unspecified atom stereocenters. The van der Waals surface area contributed by atoms with Crippen molar-refractivity contribution < 1.29 is 8.83 Å². The second-order valence-corrected chi connectivity index (χ2v) is 15.1. The Kier molecular flexibility index (Phi) is 7.14. The van der Waals surface area contributed by atoms with Crippen molar-refractivity contribution >= 4 is 60.9 Å². The first-order chi connectivity index (χ1) is 28.8. The Labute approximate surface area is 335 Å². The smallest absolute Gasteiger partial charge is 0.147 e. The molecule has 1 aliphatic carbocycles. The van der Waals surface area contributed by atoms with Crippen LogP contribution in [0.2, 0.25) is 0 Å². The number of furan rings is 2. The molecule has 3 nitrogen and oxygen atoms in total. The van der Waals surface area contributed by atoms with Crippen molar-refractivity contribution in [1.82, 2.24) is 0 Å². The fourth-order valence-electron chi connectivity index (χ4n) is 9.78. The molecule has 0 spiro atoms. The maximum atomic E-state index is 6.54. The summed E-state index contributed by atoms with van der Waals surface area (Å²) >= 11 is 0. The predicted octanol–water partition coefficient (Wildman–Crippen LogP) is 15.0. The Bertz CT molecular complexity index is 3290. The zero-order valence-electron chi connectivity index (χ0n) is 31.5. The minimum absolute atomic E-state index is 0.492. The normalized spacial score (nSPS) is 13.0. The lowest BCUT2D eigenvalue weighted by Gasteiger charge is -2.34. The van der Waals surface area contributed by atoms with Gasteiger partial charge in [0.2, 0.25) is 0 Å². The van der Waals surface area contributed by atoms with Crippen LogP contribution in [0.15, 0.2) is 221 Å². The van der Waals surface area contributed by atoms with Crippen LogP contribution in [0.3, 0.4) is 0 Å². The van der Waals surface area contributed by atoms with Gasteiger partial charge in [0.05, 0.1) is 16.5 Å². The third-order valence-corrected chi connectivity index (χ3v) is 12.2. The molecule has 2 heterocycles. The molecule has 0 saturated carbocycles. The molecule has 58 heavy (non-hydrogen) atoms. The van der Waals surface area contributed by atoms with Crippen molar-refractivity contribution in [3.63, 3.8) is 0 Å². The Hall–Kier alpha value is -7.62. The first kappa shape index (κ1) is 32.6. The number of hydrogen-bond acceptors (Lipinski definition) is 3. The number of rotatable bonds is 6. The second-order valence-electron chi connectivity index (χ2n) is 15.1. The van der Waals surface area contributed by atoms with Gasteiger partial charge in [-0.2, -0.15) is 0 Å². The van der Waals surface area contributed by atoms with Crippen molar-refractivity contribution in [3.8, 4) is 22.3 Å². The Morgan fingerprint density at radius 2 is 0.948 bits per heavy atom. The molecular formula is C55H35NO2. The zero-order chi connectivity index (χ0) is 38.2. The summed E-state index contributed by atoms with van der Waals surface area (Å²) in [6, 6.07) is 76.3. The lowest BCUT2D eigenvalue weighted by molar-refractivity contribution is 0.663. The topological polar surface area (TPSA) is 29.5 Å². The Balaban J connectivity index is 1.06. The molecule has 2 aromatic heterocycles. The number of para-hydroxylation sites is 2. The standard InChI is InChI=1S/C55H35NO2/c1-4-16-37(17-5-1)55(38-18-6-2-7-19-38)45-25-12-10-23-44(45)51-46(55)26-15-27-47(51)56(39-20-8-3-9-21-39)40-32-30-36(31-33-40)41-24-14-29-49-52(41)53-50(57-49)35-34-43-42-22-11-13-28-48(42)58-54(43)53/h1-35H. The van der Waals surface area contributed by atoms with Gasteiger partial charge in [0, 0.05) is 33.1 Å². The fraction of sp³-hybridized carbons (Fsp3) is 0.0182. The molecule has 0 aliphatic heterocycles. The van der Waals surface area contributed by atoms with Crippen LogP contribution < -0.4 is 4.90 Å². The molecule has 11 aromatic rings. The number of benzene rings is 9. The molecule has 0 N–H and O–H groups in total. The SMILES string of the molecule is c1ccc(N(c2ccc(-c3cccc4oc5ccc6c7ccccc7oc6c5c34)cc2)c2cccc3c2-c2ccccc2C3(c2ccccc2)c2ccccc2)cc1. The van der Waals surface area contributed by atoms with E-state index in [2.05, 4.69) is 205 Å². The third-order valence-electron chi connectivity index (χ3n) is 12.2. The molecule has 272 valence electrons. The van der Waals surface area contributed by atoms with Gasteiger partial charge in [-0.1, -0.05) is 158 Å². The van der Waals surface area contributed by atoms with Crippen LogP contribution in [0.5, 0.6) is 0 Å². The van der Waals surface area contributed by atoms with Crippen LogP contribution in [0.25, 0.3) is 66.1 Å². The van der Waals surface area contributed by atoms with Crippen molar-refractivity contribution in [2.45, 2.75) is 5.41 Å². The van der Waals surface area contributed by atoms with E-state index in [0.29, 0.717) is 0 Å². The third kappa shape index (κ3) is 4.62. The minimum Gasteiger partial charge on any atom is -0.456 e. The van der Waals surface area contributed by atoms with Gasteiger partial charge in [0.25, 0.3) is 0 Å². The van der Waals surface area contributed by atoms with Crippen molar-refractivity contribution in [2.24, 2.45) is 0 Å². The summed E-state index contributed by atoms with van der Waals surface area (Å²) in [6.45, 7) is 0. The van der Waals surface area contributed by atoms with Crippen LogP contribution in [0, 0.1) is 0 Å². The molecule has 0 saturated heterocycles. The summed E-state index contributed by atoms with van der Waals surface area (Å²) in [5, 5.41) is 4.27. The quantitative estimate of drug-likeness (QED) is 0.170. The summed E-state index contributed by atoms with van der Waals surface area (Å²) in [6.07, 6.45) is 0. The molecule has 0 radical (unpaired) electrons. The van der Waals surface area contributed by atoms with Gasteiger partial charge in [-0.25, -0.2) is 0 Å². The molecule has 0 amide bonds. The van der Waals surface area contributed by atoms with Gasteiger partial charge in [-0.3, -0.25) is 0 Å². The zero-order valence-corrected chi connectivity index (χ0v) is 31.5. The van der Waals surface area contributed by atoms with E-state index in [4.69, 9.17) is 8.83 Å². The van der Waals surface area contributed by atoms with E-state index in [0.717, 1.165) is 72.1 Å². The van der Waals surface area contributed by atoms with Crippen molar-refractivity contribution in [1.29, 1.82) is 0 Å². The molecule has 12 rings (SSSR count). The highest BCUT2D eigenvalue weighted by atomic mass is 16.3. The first-order valence-corrected chi connectivity index (χ1v) is 19.8. The summed E-state index contributed by atoms with van der Waals surface area (Å²) < 4.78 is 13.0. The maximum absolute atomic E-state index is 6.54. The van der Waals surface area contributed by atoms with Gasteiger partial charge in [0.15, 0.2) is 0 Å². The van der Waals surface area contributed by atoms with E-state index < -0.39 is 5.41 Å². The number of nitrogens with zero attached hydrogens (tertiary/aromatic N) is 1.